The molecule has 4 rings (SSSR count). The summed E-state index contributed by atoms with van der Waals surface area (Å²) in [5.74, 6) is 1.63. The summed E-state index contributed by atoms with van der Waals surface area (Å²) < 4.78 is 0. The molecule has 2 fully saturated rings. The van der Waals surface area contributed by atoms with Crippen molar-refractivity contribution in [3.63, 3.8) is 0 Å². The number of nitrogens with one attached hydrogen (secondary N) is 1. The lowest BCUT2D eigenvalue weighted by molar-refractivity contribution is 0.0951. The fourth-order valence-corrected chi connectivity index (χ4v) is 4.27. The second-order valence-corrected chi connectivity index (χ2v) is 8.53. The van der Waals surface area contributed by atoms with Gasteiger partial charge in [0.05, 0.1) is 5.56 Å². The van der Waals surface area contributed by atoms with Crippen LogP contribution >= 0.6 is 0 Å². The summed E-state index contributed by atoms with van der Waals surface area (Å²) in [5, 5.41) is 3.07. The van der Waals surface area contributed by atoms with E-state index >= 15 is 0 Å². The molecule has 154 valence electrons. The molecule has 1 aromatic carbocycles. The molecular weight excluding hydrogens is 360 g/mol. The third-order valence-electron chi connectivity index (χ3n) is 6.20. The maximum Gasteiger partial charge on any atom is 0.255 e. The van der Waals surface area contributed by atoms with Crippen molar-refractivity contribution < 1.29 is 4.79 Å². The van der Waals surface area contributed by atoms with E-state index in [0.717, 1.165) is 36.9 Å². The van der Waals surface area contributed by atoms with Crippen molar-refractivity contribution in [2.24, 2.45) is 5.92 Å². The highest BCUT2D eigenvalue weighted by atomic mass is 16.1. The molecule has 3 heterocycles. The van der Waals surface area contributed by atoms with Crippen LogP contribution in [0, 0.1) is 5.92 Å². The van der Waals surface area contributed by atoms with Gasteiger partial charge in [0.15, 0.2) is 0 Å². The minimum atomic E-state index is -0.0495. The molecule has 2 saturated heterocycles. The number of piperidine rings is 1. The van der Waals surface area contributed by atoms with Crippen molar-refractivity contribution in [3.8, 4) is 0 Å². The third-order valence-corrected chi connectivity index (χ3v) is 6.20. The van der Waals surface area contributed by atoms with Crippen LogP contribution in [0.3, 0.4) is 0 Å². The molecule has 0 spiro atoms. The summed E-state index contributed by atoms with van der Waals surface area (Å²) >= 11 is 0. The first-order valence-electron chi connectivity index (χ1n) is 11.0. The Morgan fingerprint density at radius 3 is 2.45 bits per heavy atom. The predicted molar refractivity (Wildman–Crippen MR) is 117 cm³/mol. The lowest BCUT2D eigenvalue weighted by Gasteiger charge is -2.30. The van der Waals surface area contributed by atoms with Crippen LogP contribution in [0.25, 0.3) is 0 Å². The zero-order chi connectivity index (χ0) is 20.1. The number of hydrogen-bond acceptors (Lipinski definition) is 4. The van der Waals surface area contributed by atoms with E-state index in [2.05, 4.69) is 51.3 Å². The van der Waals surface area contributed by atoms with Crippen molar-refractivity contribution in [2.75, 3.05) is 31.1 Å². The molecule has 0 saturated carbocycles. The van der Waals surface area contributed by atoms with Crippen LogP contribution in [0.2, 0.25) is 0 Å². The Hall–Kier alpha value is -2.40. The Labute approximate surface area is 174 Å². The zero-order valence-electron chi connectivity index (χ0n) is 17.4. The molecule has 1 N–H and O–H groups in total. The van der Waals surface area contributed by atoms with Gasteiger partial charge in [-0.3, -0.25) is 9.69 Å². The lowest BCUT2D eigenvalue weighted by Crippen LogP contribution is -2.32. The Morgan fingerprint density at radius 2 is 1.72 bits per heavy atom. The highest BCUT2D eigenvalue weighted by Gasteiger charge is 2.20. The summed E-state index contributed by atoms with van der Waals surface area (Å²) in [6, 6.07) is 12.4. The smallest absolute Gasteiger partial charge is 0.255 e. The molecule has 2 aromatic rings. The number of rotatable bonds is 6. The fraction of sp³-hybridized carbons (Fsp3) is 0.500. The first-order valence-corrected chi connectivity index (χ1v) is 11.0. The maximum atomic E-state index is 12.8. The molecule has 0 atom stereocenters. The molecule has 0 radical (unpaired) electrons. The summed E-state index contributed by atoms with van der Waals surface area (Å²) in [7, 11) is 0. The summed E-state index contributed by atoms with van der Waals surface area (Å²) in [6.07, 6.45) is 6.71. The van der Waals surface area contributed by atoms with Crippen LogP contribution in [0.4, 0.5) is 5.82 Å². The Bertz CT molecular complexity index is 806. The summed E-state index contributed by atoms with van der Waals surface area (Å²) in [5.41, 5.74) is 3.14. The molecule has 2 aliphatic rings. The molecular formula is C24H32N4O. The molecule has 1 amide bonds. The number of likely N-dealkylation sites (tertiary alicyclic amines) is 1. The van der Waals surface area contributed by atoms with Gasteiger partial charge in [0.25, 0.3) is 5.91 Å². The topological polar surface area (TPSA) is 48.5 Å². The van der Waals surface area contributed by atoms with Crippen LogP contribution in [0.1, 0.15) is 54.1 Å². The fourth-order valence-electron chi connectivity index (χ4n) is 4.27. The van der Waals surface area contributed by atoms with E-state index in [1.54, 1.807) is 6.20 Å². The minimum Gasteiger partial charge on any atom is -0.356 e. The molecule has 5 heteroatoms. The molecule has 2 aliphatic heterocycles. The number of pyridine rings is 1. The normalized spacial score (nSPS) is 18.2. The molecule has 0 unspecified atom stereocenters. The average Bonchev–Trinajstić information content (AvgIpc) is 3.29. The number of carbonyl (C=O) groups excluding carboxylic acids is 1. The first-order chi connectivity index (χ1) is 14.2. The number of benzene rings is 1. The van der Waals surface area contributed by atoms with Gasteiger partial charge in [0, 0.05) is 32.4 Å². The monoisotopic (exact) mass is 392 g/mol. The van der Waals surface area contributed by atoms with E-state index in [4.69, 9.17) is 0 Å². The van der Waals surface area contributed by atoms with Gasteiger partial charge in [-0.2, -0.15) is 0 Å². The third kappa shape index (κ3) is 5.15. The Balaban J connectivity index is 1.32. The van der Waals surface area contributed by atoms with Crippen LogP contribution < -0.4 is 10.2 Å². The van der Waals surface area contributed by atoms with E-state index in [1.807, 2.05) is 12.1 Å². The average molecular weight is 393 g/mol. The van der Waals surface area contributed by atoms with Crippen LogP contribution in [0.5, 0.6) is 0 Å². The van der Waals surface area contributed by atoms with E-state index < -0.39 is 0 Å². The number of carbonyl (C=O) groups is 1. The van der Waals surface area contributed by atoms with Crippen molar-refractivity contribution in [2.45, 2.75) is 45.7 Å². The number of aromatic nitrogens is 1. The SMILES string of the molecule is CC1CCN(Cc2ccc(CNC(=O)c3cccnc3N3CCCC3)cc2)CC1. The van der Waals surface area contributed by atoms with Crippen LogP contribution in [0.15, 0.2) is 42.6 Å². The molecule has 1 aromatic heterocycles. The van der Waals surface area contributed by atoms with E-state index in [0.29, 0.717) is 12.1 Å². The van der Waals surface area contributed by atoms with Gasteiger partial charge in [-0.15, -0.1) is 0 Å². The number of anilines is 1. The van der Waals surface area contributed by atoms with Crippen molar-refractivity contribution >= 4 is 11.7 Å². The molecule has 0 bridgehead atoms. The van der Waals surface area contributed by atoms with Crippen molar-refractivity contribution in [3.05, 3.63) is 59.3 Å². The largest absolute Gasteiger partial charge is 0.356 e. The Morgan fingerprint density at radius 1 is 1.03 bits per heavy atom. The quantitative estimate of drug-likeness (QED) is 0.811. The van der Waals surface area contributed by atoms with Crippen LogP contribution in [-0.2, 0) is 13.1 Å². The number of nitrogens with zero attached hydrogens (tertiary/aromatic N) is 3. The number of amides is 1. The van der Waals surface area contributed by atoms with E-state index in [1.165, 1.54) is 44.3 Å². The maximum absolute atomic E-state index is 12.8. The number of hydrogen-bond donors (Lipinski definition) is 1. The second-order valence-electron chi connectivity index (χ2n) is 8.53. The van der Waals surface area contributed by atoms with Gasteiger partial charge in [-0.25, -0.2) is 4.98 Å². The summed E-state index contributed by atoms with van der Waals surface area (Å²) in [4.78, 5) is 22.0. The van der Waals surface area contributed by atoms with E-state index in [9.17, 15) is 4.79 Å². The lowest BCUT2D eigenvalue weighted by atomic mass is 9.99. The summed E-state index contributed by atoms with van der Waals surface area (Å²) in [6.45, 7) is 8.26. The second kappa shape index (κ2) is 9.40. The van der Waals surface area contributed by atoms with Gasteiger partial charge in [-0.1, -0.05) is 31.2 Å². The molecule has 0 aliphatic carbocycles. The van der Waals surface area contributed by atoms with Crippen molar-refractivity contribution in [1.29, 1.82) is 0 Å². The van der Waals surface area contributed by atoms with Gasteiger partial charge in [0.2, 0.25) is 0 Å². The minimum absolute atomic E-state index is 0.0495. The highest BCUT2D eigenvalue weighted by molar-refractivity contribution is 5.98. The highest BCUT2D eigenvalue weighted by Crippen LogP contribution is 2.22. The zero-order valence-corrected chi connectivity index (χ0v) is 17.4. The van der Waals surface area contributed by atoms with Gasteiger partial charge in [-0.05, 0) is 68.0 Å². The predicted octanol–water partition coefficient (Wildman–Crippen LogP) is 3.84. The van der Waals surface area contributed by atoms with E-state index in [-0.39, 0.29) is 5.91 Å². The van der Waals surface area contributed by atoms with Crippen molar-refractivity contribution in [1.82, 2.24) is 15.2 Å². The Kier molecular flexibility index (Phi) is 6.45. The first kappa shape index (κ1) is 19.9. The van der Waals surface area contributed by atoms with Crippen LogP contribution in [-0.4, -0.2) is 42.0 Å². The van der Waals surface area contributed by atoms with Gasteiger partial charge >= 0.3 is 0 Å². The van der Waals surface area contributed by atoms with Gasteiger partial charge < -0.3 is 10.2 Å². The molecule has 5 nitrogen and oxygen atoms in total. The molecule has 29 heavy (non-hydrogen) atoms. The van der Waals surface area contributed by atoms with Gasteiger partial charge in [0.1, 0.15) is 5.82 Å². The standard InChI is InChI=1S/C24H32N4O/c1-19-10-15-27(16-11-19)18-21-8-6-20(7-9-21)17-26-24(29)22-5-4-12-25-23(22)28-13-2-3-14-28/h4-9,12,19H,2-3,10-11,13-18H2,1H3,(H,26,29).